The van der Waals surface area contributed by atoms with Crippen LogP contribution < -0.4 is 21.5 Å². The van der Waals surface area contributed by atoms with Crippen LogP contribution in [0.15, 0.2) is 52.2 Å². The van der Waals surface area contributed by atoms with Crippen LogP contribution in [0.2, 0.25) is 0 Å². The SMILES string of the molecule is C[C@@]1(N)[C@H](O)[C@@H](COP(=O)(Oc2ccccc2)N2CCC2)O[C@H]1n1ccc(=O)[nH]c1=O. The van der Waals surface area contributed by atoms with Crippen LogP contribution in [0.4, 0.5) is 0 Å². The zero-order chi connectivity index (χ0) is 22.2. The summed E-state index contributed by atoms with van der Waals surface area (Å²) in [5.41, 5.74) is 3.60. The van der Waals surface area contributed by atoms with Crippen molar-refractivity contribution in [1.29, 1.82) is 0 Å². The molecule has 0 saturated carbocycles. The van der Waals surface area contributed by atoms with Gasteiger partial charge < -0.3 is 20.1 Å². The van der Waals surface area contributed by atoms with E-state index in [-0.39, 0.29) is 6.61 Å². The molecule has 1 aromatic carbocycles. The highest BCUT2D eigenvalue weighted by atomic mass is 31.2. The fourth-order valence-corrected chi connectivity index (χ4v) is 5.36. The van der Waals surface area contributed by atoms with Gasteiger partial charge in [0.05, 0.1) is 12.1 Å². The highest BCUT2D eigenvalue weighted by molar-refractivity contribution is 7.51. The van der Waals surface area contributed by atoms with Crippen molar-refractivity contribution in [3.8, 4) is 5.75 Å². The Labute approximate surface area is 177 Å². The van der Waals surface area contributed by atoms with E-state index in [4.69, 9.17) is 19.5 Å². The fourth-order valence-electron chi connectivity index (χ4n) is 3.53. The molecule has 0 spiro atoms. The average molecular weight is 452 g/mol. The van der Waals surface area contributed by atoms with Crippen molar-refractivity contribution in [3.05, 3.63) is 63.4 Å². The summed E-state index contributed by atoms with van der Waals surface area (Å²) in [6.07, 6.45) is -1.17. The van der Waals surface area contributed by atoms with Crippen LogP contribution >= 0.6 is 7.75 Å². The van der Waals surface area contributed by atoms with Gasteiger partial charge in [0, 0.05) is 25.4 Å². The Bertz CT molecular complexity index is 1080. The Morgan fingerprint density at radius 1 is 1.29 bits per heavy atom. The lowest BCUT2D eigenvalue weighted by Crippen LogP contribution is -2.53. The number of hydrogen-bond donors (Lipinski definition) is 3. The minimum absolute atomic E-state index is 0.275. The Morgan fingerprint density at radius 3 is 2.61 bits per heavy atom. The van der Waals surface area contributed by atoms with Gasteiger partial charge in [-0.25, -0.2) is 9.36 Å². The first-order valence-electron chi connectivity index (χ1n) is 9.89. The molecule has 12 heteroatoms. The van der Waals surface area contributed by atoms with E-state index in [2.05, 4.69) is 4.98 Å². The Hall–Kier alpha value is -2.27. The first-order chi connectivity index (χ1) is 14.7. The van der Waals surface area contributed by atoms with E-state index < -0.39 is 43.0 Å². The first kappa shape index (κ1) is 21.9. The van der Waals surface area contributed by atoms with E-state index in [9.17, 15) is 19.3 Å². The number of ether oxygens (including phenoxy) is 1. The normalized spacial score (nSPS) is 30.5. The van der Waals surface area contributed by atoms with Crippen molar-refractivity contribution in [2.75, 3.05) is 19.7 Å². The Morgan fingerprint density at radius 2 is 2.00 bits per heavy atom. The van der Waals surface area contributed by atoms with Crippen LogP contribution in [0.5, 0.6) is 5.75 Å². The van der Waals surface area contributed by atoms with Crippen molar-refractivity contribution >= 4 is 7.75 Å². The number of benzene rings is 1. The number of nitrogens with one attached hydrogen (secondary N) is 1. The maximum absolute atomic E-state index is 13.5. The van der Waals surface area contributed by atoms with E-state index in [0.717, 1.165) is 17.1 Å². The van der Waals surface area contributed by atoms with Crippen LogP contribution in [-0.2, 0) is 13.8 Å². The Kier molecular flexibility index (Phi) is 5.91. The smallest absolute Gasteiger partial charge is 0.413 e. The second-order valence-corrected chi connectivity index (χ2v) is 9.77. The highest BCUT2D eigenvalue weighted by Crippen LogP contribution is 2.54. The molecule has 2 aromatic rings. The van der Waals surface area contributed by atoms with Crippen molar-refractivity contribution in [3.63, 3.8) is 0 Å². The summed E-state index contributed by atoms with van der Waals surface area (Å²) in [5.74, 6) is 0.395. The zero-order valence-electron chi connectivity index (χ0n) is 16.9. The number of rotatable bonds is 7. The number of nitrogens with two attached hydrogens (primary N) is 1. The molecule has 1 aromatic heterocycles. The third-order valence-corrected chi connectivity index (χ3v) is 7.48. The standard InChI is InChI=1S/C19H25N4O7P/c1-19(20)16(25)14(29-17(19)23-11-8-15(24)21-18(23)26)12-28-31(27,22-9-5-10-22)30-13-6-3-2-4-7-13/h2-4,6-8,11,14,16-17,25H,5,9-10,12,20H2,1H3,(H,21,24,26)/t14-,16-,17-,19-,31?/m1/s1. The van der Waals surface area contributed by atoms with Gasteiger partial charge in [-0.15, -0.1) is 0 Å². The monoisotopic (exact) mass is 452 g/mol. The molecule has 2 fully saturated rings. The van der Waals surface area contributed by atoms with E-state index in [1.54, 1.807) is 28.9 Å². The Balaban J connectivity index is 1.52. The molecule has 2 aliphatic heterocycles. The maximum atomic E-state index is 13.5. The number of para-hydroxylation sites is 1. The van der Waals surface area contributed by atoms with Crippen molar-refractivity contribution < 1.29 is 23.5 Å². The minimum Gasteiger partial charge on any atom is -0.413 e. The number of aromatic nitrogens is 2. The zero-order valence-corrected chi connectivity index (χ0v) is 17.8. The molecule has 0 amide bonds. The van der Waals surface area contributed by atoms with Gasteiger partial charge in [-0.2, -0.15) is 4.67 Å². The summed E-state index contributed by atoms with van der Waals surface area (Å²) < 4.78 is 33.4. The molecular weight excluding hydrogens is 427 g/mol. The molecule has 2 saturated heterocycles. The lowest BCUT2D eigenvalue weighted by Gasteiger charge is -2.36. The average Bonchev–Trinajstić information content (AvgIpc) is 2.89. The molecule has 168 valence electrons. The second-order valence-electron chi connectivity index (χ2n) is 7.83. The maximum Gasteiger partial charge on any atom is 0.461 e. The quantitative estimate of drug-likeness (QED) is 0.508. The number of H-pyrrole nitrogens is 1. The van der Waals surface area contributed by atoms with Gasteiger partial charge in [0.1, 0.15) is 18.0 Å². The summed E-state index contributed by atoms with van der Waals surface area (Å²) in [7, 11) is -3.69. The van der Waals surface area contributed by atoms with Gasteiger partial charge in [-0.05, 0) is 25.5 Å². The van der Waals surface area contributed by atoms with E-state index in [1.807, 2.05) is 6.07 Å². The molecule has 0 aliphatic carbocycles. The summed E-state index contributed by atoms with van der Waals surface area (Å²) in [6, 6.07) is 9.82. The predicted octanol–water partition coefficient (Wildman–Crippen LogP) is 0.422. The number of aliphatic hydroxyl groups excluding tert-OH is 1. The molecule has 11 nitrogen and oxygen atoms in total. The summed E-state index contributed by atoms with van der Waals surface area (Å²) in [4.78, 5) is 25.6. The number of aliphatic hydroxyl groups is 1. The third-order valence-electron chi connectivity index (χ3n) is 5.47. The van der Waals surface area contributed by atoms with Gasteiger partial charge in [-0.1, -0.05) is 18.2 Å². The molecule has 31 heavy (non-hydrogen) atoms. The van der Waals surface area contributed by atoms with Crippen LogP contribution in [0.1, 0.15) is 19.6 Å². The summed E-state index contributed by atoms with van der Waals surface area (Å²) >= 11 is 0. The lowest BCUT2D eigenvalue weighted by atomic mass is 9.93. The van der Waals surface area contributed by atoms with Crippen LogP contribution in [0, 0.1) is 0 Å². The predicted molar refractivity (Wildman–Crippen MR) is 111 cm³/mol. The van der Waals surface area contributed by atoms with Gasteiger partial charge in [0.25, 0.3) is 5.56 Å². The minimum atomic E-state index is -3.69. The molecule has 0 bridgehead atoms. The molecule has 0 radical (unpaired) electrons. The topological polar surface area (TPSA) is 149 Å². The number of hydrogen-bond acceptors (Lipinski definition) is 8. The highest BCUT2D eigenvalue weighted by Gasteiger charge is 2.53. The van der Waals surface area contributed by atoms with Crippen LogP contribution in [0.3, 0.4) is 0 Å². The fraction of sp³-hybridized carbons (Fsp3) is 0.474. The van der Waals surface area contributed by atoms with Gasteiger partial charge >= 0.3 is 13.4 Å². The van der Waals surface area contributed by atoms with Gasteiger partial charge in [0.15, 0.2) is 6.23 Å². The molecule has 4 N–H and O–H groups in total. The first-order valence-corrected chi connectivity index (χ1v) is 11.4. The summed E-state index contributed by atoms with van der Waals surface area (Å²) in [5, 5.41) is 10.7. The van der Waals surface area contributed by atoms with E-state index >= 15 is 0 Å². The van der Waals surface area contributed by atoms with Crippen molar-refractivity contribution in [2.24, 2.45) is 5.73 Å². The molecule has 4 rings (SSSR count). The third kappa shape index (κ3) is 4.25. The lowest BCUT2D eigenvalue weighted by molar-refractivity contribution is -0.0474. The molecule has 2 aliphatic rings. The van der Waals surface area contributed by atoms with Gasteiger partial charge in [0.2, 0.25) is 0 Å². The van der Waals surface area contributed by atoms with E-state index in [0.29, 0.717) is 18.8 Å². The second kappa shape index (κ2) is 8.34. The molecule has 3 heterocycles. The molecule has 1 unspecified atom stereocenters. The van der Waals surface area contributed by atoms with Gasteiger partial charge in [-0.3, -0.25) is 18.9 Å². The number of aromatic amines is 1. The van der Waals surface area contributed by atoms with Crippen molar-refractivity contribution in [1.82, 2.24) is 14.2 Å². The molecule has 5 atom stereocenters. The van der Waals surface area contributed by atoms with Crippen molar-refractivity contribution in [2.45, 2.75) is 37.3 Å². The molecular formula is C19H25N4O7P. The van der Waals surface area contributed by atoms with Crippen LogP contribution in [-0.4, -0.2) is 56.8 Å². The largest absolute Gasteiger partial charge is 0.461 e. The van der Waals surface area contributed by atoms with E-state index in [1.165, 1.54) is 13.1 Å². The summed E-state index contributed by atoms with van der Waals surface area (Å²) in [6.45, 7) is 2.36. The van der Waals surface area contributed by atoms with Crippen LogP contribution in [0.25, 0.3) is 0 Å². The number of nitrogens with zero attached hydrogens (tertiary/aromatic N) is 2.